The van der Waals surface area contributed by atoms with Gasteiger partial charge in [0.25, 0.3) is 5.91 Å². The van der Waals surface area contributed by atoms with Gasteiger partial charge in [-0.2, -0.15) is 5.26 Å². The Kier molecular flexibility index (Phi) is 6.08. The Morgan fingerprint density at radius 1 is 1.33 bits per heavy atom. The molecule has 2 rings (SSSR count). The fourth-order valence-electron chi connectivity index (χ4n) is 3.16. The van der Waals surface area contributed by atoms with Gasteiger partial charge in [-0.05, 0) is 37.3 Å². The number of hydrogen-bond acceptors (Lipinski definition) is 4. The van der Waals surface area contributed by atoms with Crippen molar-refractivity contribution in [3.63, 3.8) is 0 Å². The summed E-state index contributed by atoms with van der Waals surface area (Å²) in [4.78, 5) is 12.5. The summed E-state index contributed by atoms with van der Waals surface area (Å²) in [5.41, 5.74) is 0.487. The fourth-order valence-corrected chi connectivity index (χ4v) is 3.16. The van der Waals surface area contributed by atoms with Gasteiger partial charge in [0.05, 0.1) is 18.7 Å². The van der Waals surface area contributed by atoms with Gasteiger partial charge >= 0.3 is 0 Å². The Hall–Kier alpha value is -2.22. The van der Waals surface area contributed by atoms with Gasteiger partial charge in [-0.25, -0.2) is 0 Å². The van der Waals surface area contributed by atoms with E-state index in [9.17, 15) is 4.79 Å². The number of methoxy groups -OCH3 is 1. The van der Waals surface area contributed by atoms with Crippen LogP contribution in [0.5, 0.6) is 11.5 Å². The largest absolute Gasteiger partial charge is 0.493 e. The first-order valence-electron chi connectivity index (χ1n) is 8.51. The maximum absolute atomic E-state index is 12.5. The average molecular weight is 330 g/mol. The summed E-state index contributed by atoms with van der Waals surface area (Å²) in [6.07, 6.45) is 2.76. The van der Waals surface area contributed by atoms with E-state index in [0.29, 0.717) is 28.9 Å². The highest BCUT2D eigenvalue weighted by molar-refractivity contribution is 5.81. The smallest absolute Gasteiger partial charge is 0.261 e. The average Bonchev–Trinajstić information content (AvgIpc) is 2.59. The topological polar surface area (TPSA) is 71.3 Å². The molecule has 5 nitrogen and oxygen atoms in total. The number of amides is 1. The van der Waals surface area contributed by atoms with Crippen LogP contribution in [0.25, 0.3) is 0 Å². The molecule has 0 bridgehead atoms. The predicted octanol–water partition coefficient (Wildman–Crippen LogP) is 3.28. The number of hydrogen-bond donors (Lipinski definition) is 1. The summed E-state index contributed by atoms with van der Waals surface area (Å²) in [5, 5.41) is 12.1. The van der Waals surface area contributed by atoms with E-state index in [1.165, 1.54) is 13.5 Å². The summed E-state index contributed by atoms with van der Waals surface area (Å²) in [6.45, 7) is 6.17. The van der Waals surface area contributed by atoms with Crippen LogP contribution in [0.4, 0.5) is 0 Å². The van der Waals surface area contributed by atoms with Crippen molar-refractivity contribution >= 4 is 5.91 Å². The van der Waals surface area contributed by atoms with Crippen LogP contribution in [0.3, 0.4) is 0 Å². The third kappa shape index (κ3) is 4.19. The van der Waals surface area contributed by atoms with E-state index in [-0.39, 0.29) is 11.9 Å². The van der Waals surface area contributed by atoms with Crippen molar-refractivity contribution < 1.29 is 14.3 Å². The van der Waals surface area contributed by atoms with Gasteiger partial charge in [0.15, 0.2) is 17.6 Å². The Balaban J connectivity index is 2.00. The fraction of sp³-hybridized carbons (Fsp3) is 0.579. The molecule has 4 atom stereocenters. The zero-order valence-electron chi connectivity index (χ0n) is 14.8. The number of nitriles is 1. The molecule has 1 aliphatic rings. The van der Waals surface area contributed by atoms with Gasteiger partial charge < -0.3 is 14.8 Å². The Labute approximate surface area is 144 Å². The standard InChI is InChI=1S/C19H26N2O3/c1-12-6-5-7-16(13(12)2)21-19(22)14(3)24-17-9-8-15(11-20)10-18(17)23-4/h8-10,12-14,16H,5-7H2,1-4H3,(H,21,22)/t12-,13+,14+,16+/m0/s1. The van der Waals surface area contributed by atoms with Gasteiger partial charge in [0.1, 0.15) is 0 Å². The van der Waals surface area contributed by atoms with Gasteiger partial charge in [0.2, 0.25) is 0 Å². The van der Waals surface area contributed by atoms with Crippen molar-refractivity contribution in [2.45, 2.75) is 52.2 Å². The lowest BCUT2D eigenvalue weighted by Crippen LogP contribution is -2.48. The molecule has 5 heteroatoms. The van der Waals surface area contributed by atoms with Crippen LogP contribution in [0, 0.1) is 23.2 Å². The minimum atomic E-state index is -0.628. The second-order valence-electron chi connectivity index (χ2n) is 6.62. The highest BCUT2D eigenvalue weighted by atomic mass is 16.5. The van der Waals surface area contributed by atoms with Gasteiger partial charge in [-0.3, -0.25) is 4.79 Å². The SMILES string of the molecule is COc1cc(C#N)ccc1O[C@H](C)C(=O)N[C@@H]1CCC[C@H](C)[C@H]1C. The Morgan fingerprint density at radius 3 is 2.75 bits per heavy atom. The number of rotatable bonds is 5. The van der Waals surface area contributed by atoms with E-state index >= 15 is 0 Å². The lowest BCUT2D eigenvalue weighted by molar-refractivity contribution is -0.128. The normalized spacial score (nSPS) is 24.5. The van der Waals surface area contributed by atoms with Crippen molar-refractivity contribution in [3.8, 4) is 17.6 Å². The highest BCUT2D eigenvalue weighted by Gasteiger charge is 2.29. The number of ether oxygens (including phenoxy) is 2. The summed E-state index contributed by atoms with van der Waals surface area (Å²) in [5.74, 6) is 1.89. The zero-order chi connectivity index (χ0) is 17.7. The van der Waals surface area contributed by atoms with Crippen LogP contribution >= 0.6 is 0 Å². The van der Waals surface area contributed by atoms with Crippen molar-refractivity contribution in [3.05, 3.63) is 23.8 Å². The third-order valence-electron chi connectivity index (χ3n) is 5.00. The lowest BCUT2D eigenvalue weighted by atomic mass is 9.78. The molecule has 0 aliphatic heterocycles. The predicted molar refractivity (Wildman–Crippen MR) is 91.9 cm³/mol. The molecule has 0 heterocycles. The quantitative estimate of drug-likeness (QED) is 0.899. The number of nitrogens with zero attached hydrogens (tertiary/aromatic N) is 1. The van der Waals surface area contributed by atoms with E-state index in [1.807, 2.05) is 0 Å². The van der Waals surface area contributed by atoms with Crippen molar-refractivity contribution in [2.75, 3.05) is 7.11 Å². The maximum Gasteiger partial charge on any atom is 0.261 e. The Bertz CT molecular complexity index is 624. The molecular weight excluding hydrogens is 304 g/mol. The Morgan fingerprint density at radius 2 is 2.08 bits per heavy atom. The molecule has 1 aromatic rings. The number of carbonyl (C=O) groups excluding carboxylic acids is 1. The molecule has 0 aromatic heterocycles. The van der Waals surface area contributed by atoms with E-state index < -0.39 is 6.10 Å². The summed E-state index contributed by atoms with van der Waals surface area (Å²) < 4.78 is 11.0. The molecule has 24 heavy (non-hydrogen) atoms. The monoisotopic (exact) mass is 330 g/mol. The van der Waals surface area contributed by atoms with Gasteiger partial charge in [-0.15, -0.1) is 0 Å². The molecule has 130 valence electrons. The summed E-state index contributed by atoms with van der Waals surface area (Å²) >= 11 is 0. The van der Waals surface area contributed by atoms with Crippen molar-refractivity contribution in [2.24, 2.45) is 11.8 Å². The second kappa shape index (κ2) is 8.05. The first-order valence-corrected chi connectivity index (χ1v) is 8.51. The summed E-state index contributed by atoms with van der Waals surface area (Å²) in [6, 6.07) is 7.16. The molecule has 1 N–H and O–H groups in total. The molecule has 1 aromatic carbocycles. The van der Waals surface area contributed by atoms with E-state index in [2.05, 4.69) is 25.2 Å². The maximum atomic E-state index is 12.5. The van der Waals surface area contributed by atoms with Crippen LogP contribution in [0.2, 0.25) is 0 Å². The zero-order valence-corrected chi connectivity index (χ0v) is 14.8. The first-order chi connectivity index (χ1) is 11.5. The highest BCUT2D eigenvalue weighted by Crippen LogP contribution is 2.30. The molecule has 0 spiro atoms. The van der Waals surface area contributed by atoms with Crippen LogP contribution in [-0.2, 0) is 4.79 Å². The second-order valence-corrected chi connectivity index (χ2v) is 6.62. The molecular formula is C19H26N2O3. The van der Waals surface area contributed by atoms with Gasteiger partial charge in [-0.1, -0.05) is 26.7 Å². The minimum absolute atomic E-state index is 0.118. The van der Waals surface area contributed by atoms with Gasteiger partial charge in [0, 0.05) is 12.1 Å². The molecule has 0 saturated heterocycles. The van der Waals surface area contributed by atoms with Crippen molar-refractivity contribution in [1.29, 1.82) is 5.26 Å². The van der Waals surface area contributed by atoms with Crippen LogP contribution in [0.1, 0.15) is 45.6 Å². The molecule has 1 fully saturated rings. The van der Waals surface area contributed by atoms with Crippen LogP contribution in [-0.4, -0.2) is 25.2 Å². The number of benzene rings is 1. The summed E-state index contributed by atoms with van der Waals surface area (Å²) in [7, 11) is 1.51. The molecule has 0 unspecified atom stereocenters. The number of nitrogens with one attached hydrogen (secondary N) is 1. The molecule has 1 amide bonds. The lowest BCUT2D eigenvalue weighted by Gasteiger charge is -2.35. The van der Waals surface area contributed by atoms with Crippen LogP contribution < -0.4 is 14.8 Å². The molecule has 1 saturated carbocycles. The minimum Gasteiger partial charge on any atom is -0.493 e. The van der Waals surface area contributed by atoms with Crippen LogP contribution in [0.15, 0.2) is 18.2 Å². The van der Waals surface area contributed by atoms with E-state index in [0.717, 1.165) is 12.8 Å². The van der Waals surface area contributed by atoms with E-state index in [1.54, 1.807) is 25.1 Å². The van der Waals surface area contributed by atoms with E-state index in [4.69, 9.17) is 14.7 Å². The van der Waals surface area contributed by atoms with Crippen molar-refractivity contribution in [1.82, 2.24) is 5.32 Å². The first kappa shape index (κ1) is 18.1. The molecule has 1 aliphatic carbocycles. The molecule has 0 radical (unpaired) electrons. The third-order valence-corrected chi connectivity index (χ3v) is 5.00. The number of carbonyl (C=O) groups is 1.